The molecule has 3 aromatic heterocycles. The fourth-order valence-corrected chi connectivity index (χ4v) is 3.42. The van der Waals surface area contributed by atoms with Gasteiger partial charge in [-0.3, -0.25) is 4.79 Å². The zero-order valence-corrected chi connectivity index (χ0v) is 15.4. The topological polar surface area (TPSA) is 116 Å². The number of amides is 1. The van der Waals surface area contributed by atoms with Crippen LogP contribution in [-0.2, 0) is 0 Å². The molecule has 0 radical (unpaired) electrons. The number of carbonyl (C=O) groups is 1. The monoisotopic (exact) mass is 380 g/mol. The molecule has 1 aromatic carbocycles. The van der Waals surface area contributed by atoms with Crippen LogP contribution in [0.3, 0.4) is 0 Å². The van der Waals surface area contributed by atoms with Gasteiger partial charge in [0.1, 0.15) is 28.4 Å². The van der Waals surface area contributed by atoms with Crippen LogP contribution in [0.5, 0.6) is 5.75 Å². The van der Waals surface area contributed by atoms with Crippen molar-refractivity contribution >= 4 is 44.9 Å². The number of hydrogen-bond acceptors (Lipinski definition) is 7. The van der Waals surface area contributed by atoms with E-state index in [-0.39, 0.29) is 11.7 Å². The highest BCUT2D eigenvalue weighted by molar-refractivity contribution is 7.17. The molecule has 9 heteroatoms. The average Bonchev–Trinajstić information content (AvgIpc) is 3.32. The van der Waals surface area contributed by atoms with Crippen molar-refractivity contribution in [3.05, 3.63) is 52.9 Å². The van der Waals surface area contributed by atoms with Crippen LogP contribution in [0.2, 0.25) is 0 Å². The average molecular weight is 380 g/mol. The van der Waals surface area contributed by atoms with Gasteiger partial charge in [0.15, 0.2) is 5.13 Å². The van der Waals surface area contributed by atoms with Crippen molar-refractivity contribution in [1.82, 2.24) is 19.9 Å². The Labute approximate surface area is 158 Å². The lowest BCUT2D eigenvalue weighted by Gasteiger charge is -2.11. The van der Waals surface area contributed by atoms with Gasteiger partial charge in [0.05, 0.1) is 17.3 Å². The number of H-pyrrole nitrogens is 1. The molecule has 0 bridgehead atoms. The van der Waals surface area contributed by atoms with E-state index >= 15 is 0 Å². The van der Waals surface area contributed by atoms with E-state index in [1.165, 1.54) is 23.9 Å². The summed E-state index contributed by atoms with van der Waals surface area (Å²) in [6.45, 7) is 3.63. The summed E-state index contributed by atoms with van der Waals surface area (Å²) in [6, 6.07) is 5.24. The van der Waals surface area contributed by atoms with Crippen molar-refractivity contribution in [3.63, 3.8) is 0 Å². The van der Waals surface area contributed by atoms with Crippen LogP contribution in [0.4, 0.5) is 16.6 Å². The summed E-state index contributed by atoms with van der Waals surface area (Å²) in [7, 11) is 0. The highest BCUT2D eigenvalue weighted by Crippen LogP contribution is 2.30. The number of rotatable bonds is 4. The fraction of sp³-hybridized carbons (Fsp3) is 0.111. The Morgan fingerprint density at radius 1 is 1.19 bits per heavy atom. The number of aromatic hydroxyl groups is 1. The molecular formula is C18H16N6O2S. The first-order valence-electron chi connectivity index (χ1n) is 8.14. The molecule has 3 heterocycles. The highest BCUT2D eigenvalue weighted by atomic mass is 32.1. The zero-order chi connectivity index (χ0) is 19.0. The molecule has 0 aliphatic carbocycles. The number of hydrogen-bond donors (Lipinski definition) is 4. The van der Waals surface area contributed by atoms with E-state index in [1.807, 2.05) is 13.0 Å². The lowest BCUT2D eigenvalue weighted by molar-refractivity contribution is 0.103. The quantitative estimate of drug-likeness (QED) is 0.429. The van der Waals surface area contributed by atoms with Gasteiger partial charge in [-0.15, -0.1) is 0 Å². The molecule has 0 atom stereocenters. The van der Waals surface area contributed by atoms with Crippen LogP contribution < -0.4 is 10.6 Å². The van der Waals surface area contributed by atoms with E-state index in [4.69, 9.17) is 0 Å². The molecular weight excluding hydrogens is 364 g/mol. The molecule has 4 N–H and O–H groups in total. The van der Waals surface area contributed by atoms with Gasteiger partial charge in [0, 0.05) is 11.8 Å². The highest BCUT2D eigenvalue weighted by Gasteiger charge is 2.15. The van der Waals surface area contributed by atoms with Gasteiger partial charge < -0.3 is 20.7 Å². The second-order valence-corrected chi connectivity index (χ2v) is 7.00. The molecule has 0 aliphatic heterocycles. The van der Waals surface area contributed by atoms with E-state index in [0.717, 1.165) is 16.6 Å². The second-order valence-electron chi connectivity index (χ2n) is 5.97. The number of anilines is 3. The Morgan fingerprint density at radius 3 is 2.89 bits per heavy atom. The molecule has 0 aliphatic rings. The number of fused-ring (bicyclic) bond motifs is 1. The van der Waals surface area contributed by atoms with Crippen LogP contribution in [0.15, 0.2) is 36.9 Å². The molecule has 0 saturated heterocycles. The summed E-state index contributed by atoms with van der Waals surface area (Å²) in [6.07, 6.45) is 4.74. The third-order valence-corrected chi connectivity index (χ3v) is 5.10. The summed E-state index contributed by atoms with van der Waals surface area (Å²) >= 11 is 1.21. The summed E-state index contributed by atoms with van der Waals surface area (Å²) in [5, 5.41) is 17.2. The minimum atomic E-state index is -0.285. The third-order valence-electron chi connectivity index (χ3n) is 4.19. The molecule has 8 nitrogen and oxygen atoms in total. The lowest BCUT2D eigenvalue weighted by Crippen LogP contribution is -2.12. The van der Waals surface area contributed by atoms with Crippen molar-refractivity contribution in [2.24, 2.45) is 0 Å². The minimum absolute atomic E-state index is 0.141. The number of aryl methyl sites for hydroxylation is 1. The first-order chi connectivity index (χ1) is 13.0. The fourth-order valence-electron chi connectivity index (χ4n) is 2.71. The van der Waals surface area contributed by atoms with Gasteiger partial charge >= 0.3 is 0 Å². The van der Waals surface area contributed by atoms with Gasteiger partial charge in [-0.25, -0.2) is 15.0 Å². The number of phenols is 1. The molecule has 27 heavy (non-hydrogen) atoms. The lowest BCUT2D eigenvalue weighted by atomic mass is 10.1. The summed E-state index contributed by atoms with van der Waals surface area (Å²) < 4.78 is 0. The smallest absolute Gasteiger partial charge is 0.267 e. The maximum Gasteiger partial charge on any atom is 0.267 e. The van der Waals surface area contributed by atoms with E-state index < -0.39 is 0 Å². The van der Waals surface area contributed by atoms with Gasteiger partial charge in [-0.2, -0.15) is 0 Å². The molecule has 0 unspecified atom stereocenters. The van der Waals surface area contributed by atoms with Gasteiger partial charge in [0.2, 0.25) is 0 Å². The predicted molar refractivity (Wildman–Crippen MR) is 105 cm³/mol. The van der Waals surface area contributed by atoms with Crippen LogP contribution in [0.1, 0.15) is 20.8 Å². The molecule has 0 saturated carbocycles. The number of aromatic nitrogens is 4. The second kappa shape index (κ2) is 6.69. The van der Waals surface area contributed by atoms with Crippen molar-refractivity contribution in [3.8, 4) is 5.75 Å². The normalized spacial score (nSPS) is 10.9. The van der Waals surface area contributed by atoms with E-state index in [0.29, 0.717) is 27.1 Å². The number of nitrogens with one attached hydrogen (secondary N) is 3. The summed E-state index contributed by atoms with van der Waals surface area (Å²) in [4.78, 5) is 28.7. The number of thiazole rings is 1. The van der Waals surface area contributed by atoms with E-state index in [9.17, 15) is 9.90 Å². The molecule has 1 amide bonds. The number of nitrogens with zero attached hydrogens (tertiary/aromatic N) is 3. The summed E-state index contributed by atoms with van der Waals surface area (Å²) in [5.41, 5.74) is 2.82. The maximum absolute atomic E-state index is 12.6. The van der Waals surface area contributed by atoms with Crippen LogP contribution in [-0.4, -0.2) is 30.9 Å². The van der Waals surface area contributed by atoms with E-state index in [2.05, 4.69) is 30.6 Å². The molecule has 0 spiro atoms. The SMILES string of the molecule is Cc1ccc(O)c(C)c1NC(=O)c1cnc(Nc2ncnc3[nH]ccc23)s1. The maximum atomic E-state index is 12.6. The Hall–Kier alpha value is -3.46. The number of aromatic amines is 1. The third kappa shape index (κ3) is 3.20. The first-order valence-corrected chi connectivity index (χ1v) is 8.96. The Bertz CT molecular complexity index is 1150. The van der Waals surface area contributed by atoms with Crippen molar-refractivity contribution in [2.45, 2.75) is 13.8 Å². The standard InChI is InChI=1S/C18H16N6O2S/c1-9-3-4-12(25)10(2)14(9)23-17(26)13-7-20-18(27-13)24-16-11-5-6-19-15(11)21-8-22-16/h3-8,25H,1-2H3,(H,23,26)(H2,19,20,21,22,24). The number of phenolic OH excluding ortho intramolecular Hbond substituents is 1. The molecule has 0 fully saturated rings. The van der Waals surface area contributed by atoms with Gasteiger partial charge in [0.25, 0.3) is 5.91 Å². The first kappa shape index (κ1) is 17.0. The van der Waals surface area contributed by atoms with Gasteiger partial charge in [-0.1, -0.05) is 17.4 Å². The minimum Gasteiger partial charge on any atom is -0.508 e. The Kier molecular flexibility index (Phi) is 4.21. The van der Waals surface area contributed by atoms with E-state index in [1.54, 1.807) is 25.3 Å². The summed E-state index contributed by atoms with van der Waals surface area (Å²) in [5.74, 6) is 0.468. The number of carbonyl (C=O) groups excluding carboxylic acids is 1. The largest absolute Gasteiger partial charge is 0.508 e. The Morgan fingerprint density at radius 2 is 2.04 bits per heavy atom. The zero-order valence-electron chi connectivity index (χ0n) is 14.6. The van der Waals surface area contributed by atoms with Crippen molar-refractivity contribution < 1.29 is 9.90 Å². The van der Waals surface area contributed by atoms with Crippen LogP contribution in [0, 0.1) is 13.8 Å². The van der Waals surface area contributed by atoms with Crippen molar-refractivity contribution in [2.75, 3.05) is 10.6 Å². The van der Waals surface area contributed by atoms with Crippen LogP contribution in [0.25, 0.3) is 11.0 Å². The molecule has 136 valence electrons. The molecule has 4 rings (SSSR count). The number of benzene rings is 1. The predicted octanol–water partition coefficient (Wildman–Crippen LogP) is 3.73. The van der Waals surface area contributed by atoms with Gasteiger partial charge in [-0.05, 0) is 31.5 Å². The van der Waals surface area contributed by atoms with Crippen molar-refractivity contribution in [1.29, 1.82) is 0 Å². The van der Waals surface area contributed by atoms with Crippen LogP contribution >= 0.6 is 11.3 Å². The molecule has 4 aromatic rings. The Balaban J connectivity index is 1.55.